The van der Waals surface area contributed by atoms with Gasteiger partial charge in [-0.05, 0) is 79.2 Å². The molecule has 0 amide bonds. The van der Waals surface area contributed by atoms with Crippen molar-refractivity contribution in [1.82, 2.24) is 0 Å². The van der Waals surface area contributed by atoms with Gasteiger partial charge in [-0.1, -0.05) is 45.4 Å². The zero-order chi connectivity index (χ0) is 24.7. The molecule has 0 aliphatic heterocycles. The lowest BCUT2D eigenvalue weighted by Gasteiger charge is -2.08. The van der Waals surface area contributed by atoms with Crippen molar-refractivity contribution < 1.29 is 14.3 Å². The quantitative estimate of drug-likeness (QED) is 0.109. The molecule has 0 aliphatic rings. The van der Waals surface area contributed by atoms with Gasteiger partial charge < -0.3 is 9.47 Å². The fourth-order valence-corrected chi connectivity index (χ4v) is 3.40. The van der Waals surface area contributed by atoms with Gasteiger partial charge in [0.05, 0.1) is 35.2 Å². The van der Waals surface area contributed by atoms with Crippen molar-refractivity contribution in [2.75, 3.05) is 6.61 Å². The monoisotopic (exact) mass is 469 g/mol. The summed E-state index contributed by atoms with van der Waals surface area (Å²) < 4.78 is 11.2. The van der Waals surface area contributed by atoms with E-state index in [1.54, 1.807) is 72.8 Å². The van der Waals surface area contributed by atoms with Crippen LogP contribution in [0.15, 0.2) is 83.0 Å². The number of ether oxygens (including phenoxy) is 2. The zero-order valence-corrected chi connectivity index (χ0v) is 20.2. The highest BCUT2D eigenvalue weighted by molar-refractivity contribution is 5.91. The first-order chi connectivity index (χ1) is 17.2. The molecule has 6 nitrogen and oxygen atoms in total. The van der Waals surface area contributed by atoms with Crippen molar-refractivity contribution in [3.63, 3.8) is 0 Å². The van der Waals surface area contributed by atoms with Crippen LogP contribution in [0.1, 0.15) is 67.8 Å². The first-order valence-electron chi connectivity index (χ1n) is 12.1. The summed E-state index contributed by atoms with van der Waals surface area (Å²) in [5, 5.41) is 17.1. The number of hydrogen-bond donors (Lipinski definition) is 0. The summed E-state index contributed by atoms with van der Waals surface area (Å²) in [4.78, 5) is 12.5. The fraction of sp³-hybridized carbons (Fsp3) is 0.310. The van der Waals surface area contributed by atoms with Crippen molar-refractivity contribution >= 4 is 17.3 Å². The lowest BCUT2D eigenvalue weighted by Crippen LogP contribution is -2.08. The van der Waals surface area contributed by atoms with Crippen molar-refractivity contribution in [3.05, 3.63) is 83.9 Å². The number of rotatable bonds is 13. The van der Waals surface area contributed by atoms with Gasteiger partial charge in [0.15, 0.2) is 0 Å². The van der Waals surface area contributed by atoms with Crippen molar-refractivity contribution in [3.8, 4) is 17.6 Å². The van der Waals surface area contributed by atoms with Crippen molar-refractivity contribution in [2.24, 2.45) is 10.2 Å². The Hall–Kier alpha value is -3.98. The van der Waals surface area contributed by atoms with Gasteiger partial charge in [0.25, 0.3) is 0 Å². The predicted octanol–water partition coefficient (Wildman–Crippen LogP) is 8.32. The van der Waals surface area contributed by atoms with Crippen LogP contribution in [0.25, 0.3) is 0 Å². The second-order valence-corrected chi connectivity index (χ2v) is 8.24. The van der Waals surface area contributed by atoms with Crippen LogP contribution in [-0.4, -0.2) is 12.6 Å². The Balaban J connectivity index is 1.42. The molecule has 0 fully saturated rings. The summed E-state index contributed by atoms with van der Waals surface area (Å²) in [5.74, 6) is 0.742. The third-order valence-electron chi connectivity index (χ3n) is 5.43. The van der Waals surface area contributed by atoms with Gasteiger partial charge in [-0.3, -0.25) is 0 Å². The maximum atomic E-state index is 12.5. The highest BCUT2D eigenvalue weighted by Gasteiger charge is 2.09. The predicted molar refractivity (Wildman–Crippen MR) is 137 cm³/mol. The maximum absolute atomic E-state index is 12.5. The second-order valence-electron chi connectivity index (χ2n) is 8.24. The van der Waals surface area contributed by atoms with E-state index in [2.05, 4.69) is 23.2 Å². The molecule has 0 heterocycles. The molecule has 0 radical (unpaired) electrons. The van der Waals surface area contributed by atoms with Crippen LogP contribution in [0.3, 0.4) is 0 Å². The number of azo groups is 1. The fourth-order valence-electron chi connectivity index (χ4n) is 3.40. The molecule has 3 rings (SSSR count). The molecule has 6 heteroatoms. The van der Waals surface area contributed by atoms with Crippen LogP contribution in [0.2, 0.25) is 0 Å². The summed E-state index contributed by atoms with van der Waals surface area (Å²) in [5.41, 5.74) is 2.30. The normalized spacial score (nSPS) is 10.7. The second kappa shape index (κ2) is 14.3. The van der Waals surface area contributed by atoms with Crippen LogP contribution >= 0.6 is 0 Å². The molecule has 0 unspecified atom stereocenters. The number of nitriles is 1. The Bertz CT molecular complexity index is 1120. The molecule has 35 heavy (non-hydrogen) atoms. The van der Waals surface area contributed by atoms with E-state index in [1.807, 2.05) is 0 Å². The summed E-state index contributed by atoms with van der Waals surface area (Å²) in [7, 11) is 0. The molecule has 180 valence electrons. The minimum Gasteiger partial charge on any atom is -0.494 e. The molecular formula is C29H31N3O3. The van der Waals surface area contributed by atoms with E-state index < -0.39 is 5.97 Å². The van der Waals surface area contributed by atoms with Crippen LogP contribution in [0.5, 0.6) is 11.5 Å². The van der Waals surface area contributed by atoms with E-state index >= 15 is 0 Å². The Morgan fingerprint density at radius 1 is 0.743 bits per heavy atom. The number of carbonyl (C=O) groups excluding carboxylic acids is 1. The first-order valence-corrected chi connectivity index (χ1v) is 12.1. The molecule has 0 atom stereocenters. The largest absolute Gasteiger partial charge is 0.494 e. The number of benzene rings is 3. The lowest BCUT2D eigenvalue weighted by molar-refractivity contribution is 0.0734. The molecule has 3 aromatic rings. The molecule has 0 bridgehead atoms. The highest BCUT2D eigenvalue weighted by Crippen LogP contribution is 2.22. The molecule has 0 aromatic heterocycles. The average molecular weight is 470 g/mol. The van der Waals surface area contributed by atoms with Crippen LogP contribution in [0.4, 0.5) is 11.4 Å². The Morgan fingerprint density at radius 3 is 1.89 bits per heavy atom. The van der Waals surface area contributed by atoms with Gasteiger partial charge in [0.2, 0.25) is 0 Å². The number of hydrogen-bond acceptors (Lipinski definition) is 6. The highest BCUT2D eigenvalue weighted by atomic mass is 16.5. The van der Waals surface area contributed by atoms with Crippen molar-refractivity contribution in [2.45, 2.75) is 51.9 Å². The molecule has 0 saturated heterocycles. The summed E-state index contributed by atoms with van der Waals surface area (Å²) in [6.45, 7) is 2.92. The Labute approximate surface area is 207 Å². The van der Waals surface area contributed by atoms with Gasteiger partial charge in [-0.2, -0.15) is 15.5 Å². The summed E-state index contributed by atoms with van der Waals surface area (Å²) in [6, 6.07) is 22.7. The van der Waals surface area contributed by atoms with Gasteiger partial charge >= 0.3 is 5.97 Å². The Morgan fingerprint density at radius 2 is 1.29 bits per heavy atom. The smallest absolute Gasteiger partial charge is 0.343 e. The summed E-state index contributed by atoms with van der Waals surface area (Å²) in [6.07, 6.45) is 8.70. The van der Waals surface area contributed by atoms with E-state index in [1.165, 1.54) is 38.5 Å². The first kappa shape index (κ1) is 25.6. The third kappa shape index (κ3) is 9.05. The number of nitrogens with zero attached hydrogens (tertiary/aromatic N) is 3. The van der Waals surface area contributed by atoms with E-state index in [-0.39, 0.29) is 0 Å². The standard InChI is InChI=1S/C29H31N3O3/c1-2-3-4-5-6-7-8-21-34-27-17-11-24(12-18-27)29(33)35-28-19-15-26(16-20-28)32-31-25-13-9-23(22-30)10-14-25/h9-20H,2-8,21H2,1H3. The van der Waals surface area contributed by atoms with E-state index in [0.717, 1.165) is 12.2 Å². The van der Waals surface area contributed by atoms with E-state index in [4.69, 9.17) is 14.7 Å². The topological polar surface area (TPSA) is 84.0 Å². The SMILES string of the molecule is CCCCCCCCCOc1ccc(C(=O)Oc2ccc(N=Nc3ccc(C#N)cc3)cc2)cc1. The number of esters is 1. The zero-order valence-electron chi connectivity index (χ0n) is 20.2. The van der Waals surface area contributed by atoms with E-state index in [0.29, 0.717) is 34.9 Å². The van der Waals surface area contributed by atoms with Crippen LogP contribution < -0.4 is 9.47 Å². The lowest BCUT2D eigenvalue weighted by atomic mass is 10.1. The molecule has 0 aliphatic carbocycles. The molecule has 0 spiro atoms. The Kier molecular flexibility index (Phi) is 10.5. The van der Waals surface area contributed by atoms with Gasteiger partial charge in [-0.15, -0.1) is 0 Å². The van der Waals surface area contributed by atoms with E-state index in [9.17, 15) is 4.79 Å². The molecule has 0 saturated carbocycles. The minimum atomic E-state index is -0.435. The number of unbranched alkanes of at least 4 members (excludes halogenated alkanes) is 6. The summed E-state index contributed by atoms with van der Waals surface area (Å²) >= 11 is 0. The molecule has 3 aromatic carbocycles. The minimum absolute atomic E-state index is 0.423. The third-order valence-corrected chi connectivity index (χ3v) is 5.43. The van der Waals surface area contributed by atoms with Crippen molar-refractivity contribution in [1.29, 1.82) is 5.26 Å². The van der Waals surface area contributed by atoms with Crippen LogP contribution in [-0.2, 0) is 0 Å². The van der Waals surface area contributed by atoms with Gasteiger partial charge in [0, 0.05) is 0 Å². The van der Waals surface area contributed by atoms with Gasteiger partial charge in [-0.25, -0.2) is 4.79 Å². The van der Waals surface area contributed by atoms with Crippen LogP contribution in [0, 0.1) is 11.3 Å². The molecule has 0 N–H and O–H groups in total. The maximum Gasteiger partial charge on any atom is 0.343 e. The number of carbonyl (C=O) groups is 1. The molecular weight excluding hydrogens is 438 g/mol. The van der Waals surface area contributed by atoms with Gasteiger partial charge in [0.1, 0.15) is 11.5 Å². The average Bonchev–Trinajstić information content (AvgIpc) is 2.90.